The minimum atomic E-state index is -0.327. The molecule has 2 atom stereocenters. The van der Waals surface area contributed by atoms with E-state index < -0.39 is 0 Å². The highest BCUT2D eigenvalue weighted by molar-refractivity contribution is 5.80. The van der Waals surface area contributed by atoms with Crippen LogP contribution in [0.15, 0.2) is 54.6 Å². The summed E-state index contributed by atoms with van der Waals surface area (Å²) >= 11 is 0. The third-order valence-electron chi connectivity index (χ3n) is 4.66. The van der Waals surface area contributed by atoms with Crippen LogP contribution < -0.4 is 5.73 Å². The molecule has 4 heteroatoms. The van der Waals surface area contributed by atoms with E-state index in [1.54, 1.807) is 0 Å². The van der Waals surface area contributed by atoms with Gasteiger partial charge in [0.25, 0.3) is 0 Å². The molecule has 1 saturated heterocycles. The first kappa shape index (κ1) is 16.2. The van der Waals surface area contributed by atoms with Crippen LogP contribution in [0.2, 0.25) is 0 Å². The molecule has 2 N–H and O–H groups in total. The van der Waals surface area contributed by atoms with Gasteiger partial charge < -0.3 is 5.73 Å². The number of rotatable bonds is 5. The second kappa shape index (κ2) is 7.29. The van der Waals surface area contributed by atoms with E-state index in [9.17, 15) is 10.1 Å². The summed E-state index contributed by atoms with van der Waals surface area (Å²) in [6.45, 7) is 0.758. The van der Waals surface area contributed by atoms with Crippen LogP contribution in [0.3, 0.4) is 0 Å². The van der Waals surface area contributed by atoms with Gasteiger partial charge in [-0.05, 0) is 29.5 Å². The summed E-state index contributed by atoms with van der Waals surface area (Å²) < 4.78 is 0. The first-order valence-electron chi connectivity index (χ1n) is 8.28. The topological polar surface area (TPSA) is 70.1 Å². The molecule has 0 radical (unpaired) electrons. The molecule has 1 aliphatic rings. The third kappa shape index (κ3) is 3.47. The van der Waals surface area contributed by atoms with Crippen LogP contribution in [0.25, 0.3) is 11.1 Å². The number of benzene rings is 2. The highest BCUT2D eigenvalue weighted by Gasteiger charge is 2.34. The van der Waals surface area contributed by atoms with E-state index in [-0.39, 0.29) is 18.0 Å². The predicted molar refractivity (Wildman–Crippen MR) is 93.9 cm³/mol. The molecule has 0 aromatic heterocycles. The van der Waals surface area contributed by atoms with Crippen molar-refractivity contribution in [3.63, 3.8) is 0 Å². The maximum absolute atomic E-state index is 11.6. The average molecular weight is 319 g/mol. The van der Waals surface area contributed by atoms with Gasteiger partial charge in [0.05, 0.1) is 12.1 Å². The zero-order chi connectivity index (χ0) is 16.9. The van der Waals surface area contributed by atoms with E-state index in [1.165, 1.54) is 5.56 Å². The molecule has 0 saturated carbocycles. The van der Waals surface area contributed by atoms with Crippen LogP contribution in [-0.4, -0.2) is 29.4 Å². The fourth-order valence-electron chi connectivity index (χ4n) is 3.39. The summed E-state index contributed by atoms with van der Waals surface area (Å²) in [6, 6.07) is 20.2. The largest absolute Gasteiger partial charge is 0.368 e. The van der Waals surface area contributed by atoms with Crippen molar-refractivity contribution in [3.05, 3.63) is 60.2 Å². The maximum Gasteiger partial charge on any atom is 0.234 e. The second-order valence-corrected chi connectivity index (χ2v) is 6.21. The lowest BCUT2D eigenvalue weighted by Gasteiger charge is -2.26. The molecular formula is C20H21N3O. The Kier molecular flexibility index (Phi) is 4.93. The van der Waals surface area contributed by atoms with Crippen LogP contribution in [0, 0.1) is 11.3 Å². The lowest BCUT2D eigenvalue weighted by molar-refractivity contribution is -0.122. The minimum Gasteiger partial charge on any atom is -0.368 e. The third-order valence-corrected chi connectivity index (χ3v) is 4.66. The van der Waals surface area contributed by atoms with Crippen molar-refractivity contribution in [2.45, 2.75) is 31.3 Å². The number of nitriles is 1. The Balaban J connectivity index is 1.73. The highest BCUT2D eigenvalue weighted by Crippen LogP contribution is 2.23. The van der Waals surface area contributed by atoms with E-state index in [0.717, 1.165) is 30.5 Å². The van der Waals surface area contributed by atoms with E-state index >= 15 is 0 Å². The number of carbonyl (C=O) groups excluding carboxylic acids is 1. The molecule has 1 fully saturated rings. The monoisotopic (exact) mass is 319 g/mol. The quantitative estimate of drug-likeness (QED) is 0.921. The Morgan fingerprint density at radius 3 is 2.46 bits per heavy atom. The zero-order valence-electron chi connectivity index (χ0n) is 13.6. The summed E-state index contributed by atoms with van der Waals surface area (Å²) in [6.07, 6.45) is 2.27. The Bertz CT molecular complexity index is 734. The maximum atomic E-state index is 11.6. The van der Waals surface area contributed by atoms with Crippen LogP contribution in [-0.2, 0) is 11.2 Å². The minimum absolute atomic E-state index is 0.307. The Labute approximate surface area is 142 Å². The van der Waals surface area contributed by atoms with Gasteiger partial charge >= 0.3 is 0 Å². The fraction of sp³-hybridized carbons (Fsp3) is 0.300. The highest BCUT2D eigenvalue weighted by atomic mass is 16.1. The molecule has 1 heterocycles. The van der Waals surface area contributed by atoms with Crippen molar-refractivity contribution >= 4 is 5.91 Å². The molecule has 24 heavy (non-hydrogen) atoms. The Morgan fingerprint density at radius 1 is 1.17 bits per heavy atom. The lowest BCUT2D eigenvalue weighted by Crippen LogP contribution is -2.46. The van der Waals surface area contributed by atoms with Crippen LogP contribution >= 0.6 is 0 Å². The van der Waals surface area contributed by atoms with Crippen molar-refractivity contribution in [1.29, 1.82) is 5.26 Å². The molecule has 0 bridgehead atoms. The molecule has 3 rings (SSSR count). The number of carbonyl (C=O) groups is 1. The van der Waals surface area contributed by atoms with Crippen molar-refractivity contribution in [2.24, 2.45) is 5.73 Å². The number of primary amides is 1. The number of hydrogen-bond donors (Lipinski definition) is 1. The van der Waals surface area contributed by atoms with Crippen LogP contribution in [0.5, 0.6) is 0 Å². The summed E-state index contributed by atoms with van der Waals surface area (Å²) in [5, 5.41) is 9.54. The van der Waals surface area contributed by atoms with Crippen LogP contribution in [0.1, 0.15) is 18.4 Å². The normalized spacial score (nSPS) is 18.9. The molecule has 1 aliphatic heterocycles. The van der Waals surface area contributed by atoms with E-state index in [0.29, 0.717) is 6.42 Å². The van der Waals surface area contributed by atoms with Gasteiger partial charge in [-0.3, -0.25) is 9.69 Å². The first-order chi connectivity index (χ1) is 11.7. The predicted octanol–water partition coefficient (Wildman–Crippen LogP) is 2.74. The first-order valence-corrected chi connectivity index (χ1v) is 8.28. The summed E-state index contributed by atoms with van der Waals surface area (Å²) in [4.78, 5) is 13.5. The molecular weight excluding hydrogens is 298 g/mol. The van der Waals surface area contributed by atoms with Gasteiger partial charge in [-0.25, -0.2) is 0 Å². The van der Waals surface area contributed by atoms with Gasteiger partial charge in [-0.2, -0.15) is 5.26 Å². The zero-order valence-corrected chi connectivity index (χ0v) is 13.6. The molecule has 4 nitrogen and oxygen atoms in total. The van der Waals surface area contributed by atoms with E-state index in [2.05, 4.69) is 42.5 Å². The average Bonchev–Trinajstić information content (AvgIpc) is 3.11. The number of nitrogens with zero attached hydrogens (tertiary/aromatic N) is 2. The molecule has 2 aromatic rings. The molecule has 122 valence electrons. The lowest BCUT2D eigenvalue weighted by atomic mass is 10.00. The number of nitrogens with two attached hydrogens (primary N) is 1. The van der Waals surface area contributed by atoms with Gasteiger partial charge in [-0.1, -0.05) is 54.6 Å². The SMILES string of the molecule is N#C[C@H](Cc1ccc(-c2ccccc2)cc1)N1CCCC1C(N)=O. The van der Waals surface area contributed by atoms with Gasteiger partial charge in [-0.15, -0.1) is 0 Å². The van der Waals surface area contributed by atoms with E-state index in [1.807, 2.05) is 23.1 Å². The van der Waals surface area contributed by atoms with Gasteiger partial charge in [0.2, 0.25) is 5.91 Å². The molecule has 0 aliphatic carbocycles. The molecule has 0 spiro atoms. The second-order valence-electron chi connectivity index (χ2n) is 6.21. The standard InChI is InChI=1S/C20H21N3O/c21-14-18(23-12-4-7-19(23)20(22)24)13-15-8-10-17(11-9-15)16-5-2-1-3-6-16/h1-3,5-6,8-11,18-19H,4,7,12-13H2,(H2,22,24)/t18-,19?/m0/s1. The van der Waals surface area contributed by atoms with E-state index in [4.69, 9.17) is 5.73 Å². The molecule has 1 unspecified atom stereocenters. The Hall–Kier alpha value is -2.64. The Morgan fingerprint density at radius 2 is 1.83 bits per heavy atom. The van der Waals surface area contributed by atoms with Crippen LogP contribution in [0.4, 0.5) is 0 Å². The van der Waals surface area contributed by atoms with Gasteiger partial charge in [0.15, 0.2) is 0 Å². The van der Waals surface area contributed by atoms with Gasteiger partial charge in [0.1, 0.15) is 6.04 Å². The summed E-state index contributed by atoms with van der Waals surface area (Å²) in [5.41, 5.74) is 8.89. The number of amides is 1. The van der Waals surface area contributed by atoms with Gasteiger partial charge in [0, 0.05) is 13.0 Å². The smallest absolute Gasteiger partial charge is 0.234 e. The molecule has 2 aromatic carbocycles. The summed E-state index contributed by atoms with van der Waals surface area (Å²) in [5.74, 6) is -0.327. The number of likely N-dealkylation sites (tertiary alicyclic amines) is 1. The van der Waals surface area contributed by atoms with Crippen molar-refractivity contribution in [2.75, 3.05) is 6.54 Å². The van der Waals surface area contributed by atoms with Crippen molar-refractivity contribution in [1.82, 2.24) is 4.90 Å². The molecule has 1 amide bonds. The number of hydrogen-bond acceptors (Lipinski definition) is 3. The summed E-state index contributed by atoms with van der Waals surface area (Å²) in [7, 11) is 0. The van der Waals surface area contributed by atoms with Crippen molar-refractivity contribution < 1.29 is 4.79 Å². The fourth-order valence-corrected chi connectivity index (χ4v) is 3.39. The van der Waals surface area contributed by atoms with Crippen molar-refractivity contribution in [3.8, 4) is 17.2 Å².